The second kappa shape index (κ2) is 4.61. The third-order valence-corrected chi connectivity index (χ3v) is 2.80. The molecule has 0 saturated heterocycles. The second-order valence-corrected chi connectivity index (χ2v) is 4.22. The maximum Gasteiger partial charge on any atom is 0.301 e. The zero-order valence-electron chi connectivity index (χ0n) is 10.4. The van der Waals surface area contributed by atoms with Gasteiger partial charge in [-0.1, -0.05) is 17.7 Å². The van der Waals surface area contributed by atoms with Gasteiger partial charge in [0.1, 0.15) is 5.75 Å². The highest BCUT2D eigenvalue weighted by Gasteiger charge is 2.20. The van der Waals surface area contributed by atoms with Crippen molar-refractivity contribution in [3.05, 3.63) is 52.1 Å². The first-order valence-corrected chi connectivity index (χ1v) is 5.79. The predicted molar refractivity (Wildman–Crippen MR) is 69.7 cm³/mol. The Morgan fingerprint density at radius 2 is 1.80 bits per heavy atom. The molecule has 0 amide bonds. The van der Waals surface area contributed by atoms with Crippen LogP contribution in [-0.2, 0) is 0 Å². The van der Waals surface area contributed by atoms with Crippen LogP contribution >= 0.6 is 0 Å². The lowest BCUT2D eigenvalue weighted by molar-refractivity contribution is -0.383. The van der Waals surface area contributed by atoms with Crippen LogP contribution in [0.15, 0.2) is 41.0 Å². The van der Waals surface area contributed by atoms with Gasteiger partial charge in [-0.25, -0.2) is 4.63 Å². The van der Waals surface area contributed by atoms with Gasteiger partial charge in [-0.3, -0.25) is 10.1 Å². The van der Waals surface area contributed by atoms with Crippen LogP contribution in [0.1, 0.15) is 5.56 Å². The van der Waals surface area contributed by atoms with Gasteiger partial charge in [0, 0.05) is 6.07 Å². The average molecular weight is 271 g/mol. The van der Waals surface area contributed by atoms with E-state index in [0.717, 1.165) is 5.56 Å². The van der Waals surface area contributed by atoms with Crippen LogP contribution < -0.4 is 4.74 Å². The van der Waals surface area contributed by atoms with Crippen LogP contribution in [0.25, 0.3) is 11.0 Å². The molecule has 0 N–H and O–H groups in total. The Bertz CT molecular complexity index is 780. The minimum Gasteiger partial charge on any atom is -0.455 e. The van der Waals surface area contributed by atoms with Crippen molar-refractivity contribution in [2.45, 2.75) is 6.92 Å². The fourth-order valence-corrected chi connectivity index (χ4v) is 1.79. The van der Waals surface area contributed by atoms with Crippen LogP contribution in [0.5, 0.6) is 11.5 Å². The van der Waals surface area contributed by atoms with Crippen LogP contribution in [0, 0.1) is 17.0 Å². The van der Waals surface area contributed by atoms with Crippen molar-refractivity contribution in [2.24, 2.45) is 0 Å². The van der Waals surface area contributed by atoms with Crippen molar-refractivity contribution in [3.63, 3.8) is 0 Å². The van der Waals surface area contributed by atoms with Gasteiger partial charge in [-0.15, -0.1) is 0 Å². The molecule has 0 atom stereocenters. The molecule has 0 fully saturated rings. The van der Waals surface area contributed by atoms with Gasteiger partial charge >= 0.3 is 5.69 Å². The fourth-order valence-electron chi connectivity index (χ4n) is 1.79. The molecule has 1 aromatic heterocycles. The number of nitrogens with zero attached hydrogens (tertiary/aromatic N) is 3. The molecular formula is C13H9N3O4. The average Bonchev–Trinajstić information content (AvgIpc) is 2.91. The highest BCUT2D eigenvalue weighted by atomic mass is 16.6. The molecule has 3 rings (SSSR count). The van der Waals surface area contributed by atoms with Crippen molar-refractivity contribution in [1.29, 1.82) is 0 Å². The van der Waals surface area contributed by atoms with Crippen LogP contribution in [0.2, 0.25) is 0 Å². The molecule has 0 aliphatic rings. The summed E-state index contributed by atoms with van der Waals surface area (Å²) in [6.45, 7) is 1.97. The van der Waals surface area contributed by atoms with Gasteiger partial charge in [0.05, 0.1) is 4.92 Å². The van der Waals surface area contributed by atoms with E-state index in [1.165, 1.54) is 12.1 Å². The number of hydrogen-bond donors (Lipinski definition) is 0. The van der Waals surface area contributed by atoms with E-state index >= 15 is 0 Å². The summed E-state index contributed by atoms with van der Waals surface area (Å²) in [5, 5.41) is 18.1. The van der Waals surface area contributed by atoms with E-state index in [4.69, 9.17) is 4.74 Å². The first-order chi connectivity index (χ1) is 9.65. The molecule has 20 heavy (non-hydrogen) atoms. The summed E-state index contributed by atoms with van der Waals surface area (Å²) in [6.07, 6.45) is 0. The summed E-state index contributed by atoms with van der Waals surface area (Å²) >= 11 is 0. The molecule has 0 radical (unpaired) electrons. The first kappa shape index (κ1) is 12.1. The standard InChI is InChI=1S/C13H9N3O4/c1-8-2-4-9(5-3-8)19-11-7-6-10(16(17)18)12-13(11)15-20-14-12/h2-7H,1H3. The molecule has 7 nitrogen and oxygen atoms in total. The molecule has 7 heteroatoms. The Labute approximate surface area is 112 Å². The SMILES string of the molecule is Cc1ccc(Oc2ccc([N+](=O)[O-])c3nonc23)cc1. The Morgan fingerprint density at radius 1 is 1.10 bits per heavy atom. The van der Waals surface area contributed by atoms with Crippen molar-refractivity contribution >= 4 is 16.7 Å². The summed E-state index contributed by atoms with van der Waals surface area (Å²) in [5.74, 6) is 0.962. The quantitative estimate of drug-likeness (QED) is 0.536. The third-order valence-electron chi connectivity index (χ3n) is 2.80. The minimum atomic E-state index is -0.539. The van der Waals surface area contributed by atoms with E-state index in [1.807, 2.05) is 19.1 Å². The summed E-state index contributed by atoms with van der Waals surface area (Å²) in [6, 6.07) is 10.2. The van der Waals surface area contributed by atoms with Gasteiger partial charge in [0.25, 0.3) is 0 Å². The van der Waals surface area contributed by atoms with E-state index in [-0.39, 0.29) is 16.7 Å². The number of non-ortho nitro benzene ring substituents is 1. The molecule has 100 valence electrons. The van der Waals surface area contributed by atoms with E-state index in [0.29, 0.717) is 11.5 Å². The number of rotatable bonds is 3. The van der Waals surface area contributed by atoms with Crippen molar-refractivity contribution in [3.8, 4) is 11.5 Å². The van der Waals surface area contributed by atoms with Crippen LogP contribution in [0.4, 0.5) is 5.69 Å². The van der Waals surface area contributed by atoms with Gasteiger partial charge in [0.2, 0.25) is 5.52 Å². The summed E-state index contributed by atoms with van der Waals surface area (Å²) in [7, 11) is 0. The summed E-state index contributed by atoms with van der Waals surface area (Å²) in [4.78, 5) is 10.3. The summed E-state index contributed by atoms with van der Waals surface area (Å²) < 4.78 is 10.2. The molecule has 0 saturated carbocycles. The fraction of sp³-hybridized carbons (Fsp3) is 0.0769. The lowest BCUT2D eigenvalue weighted by Gasteiger charge is -2.05. The van der Waals surface area contributed by atoms with E-state index in [1.54, 1.807) is 12.1 Å². The lowest BCUT2D eigenvalue weighted by atomic mass is 10.2. The largest absolute Gasteiger partial charge is 0.455 e. The number of fused-ring (bicyclic) bond motifs is 1. The molecule has 2 aromatic carbocycles. The Kier molecular flexibility index (Phi) is 2.79. The molecule has 1 heterocycles. The number of hydrogen-bond acceptors (Lipinski definition) is 6. The smallest absolute Gasteiger partial charge is 0.301 e. The molecular weight excluding hydrogens is 262 g/mol. The monoisotopic (exact) mass is 271 g/mol. The number of benzene rings is 2. The Balaban J connectivity index is 2.04. The maximum atomic E-state index is 10.9. The van der Waals surface area contributed by atoms with Crippen molar-refractivity contribution < 1.29 is 14.3 Å². The molecule has 0 aliphatic carbocycles. The highest BCUT2D eigenvalue weighted by Crippen LogP contribution is 2.33. The number of nitro groups is 1. The van der Waals surface area contributed by atoms with Gasteiger partial charge in [0.15, 0.2) is 11.3 Å². The summed E-state index contributed by atoms with van der Waals surface area (Å²) in [5.41, 5.74) is 1.23. The number of ether oxygens (including phenoxy) is 1. The Morgan fingerprint density at radius 3 is 2.50 bits per heavy atom. The first-order valence-electron chi connectivity index (χ1n) is 5.79. The molecule has 0 bridgehead atoms. The van der Waals surface area contributed by atoms with Gasteiger partial charge < -0.3 is 4.74 Å². The minimum absolute atomic E-state index is 0.0691. The second-order valence-electron chi connectivity index (χ2n) is 4.22. The molecule has 0 aliphatic heterocycles. The van der Waals surface area contributed by atoms with E-state index in [2.05, 4.69) is 14.9 Å². The third kappa shape index (κ3) is 2.05. The van der Waals surface area contributed by atoms with Crippen LogP contribution in [-0.4, -0.2) is 15.2 Å². The van der Waals surface area contributed by atoms with E-state index < -0.39 is 4.92 Å². The van der Waals surface area contributed by atoms with Crippen molar-refractivity contribution in [1.82, 2.24) is 10.3 Å². The number of aromatic nitrogens is 2. The molecule has 0 spiro atoms. The van der Waals surface area contributed by atoms with E-state index in [9.17, 15) is 10.1 Å². The zero-order valence-corrected chi connectivity index (χ0v) is 10.4. The van der Waals surface area contributed by atoms with Crippen LogP contribution in [0.3, 0.4) is 0 Å². The lowest BCUT2D eigenvalue weighted by Crippen LogP contribution is -1.91. The Hall–Kier alpha value is -2.96. The normalized spacial score (nSPS) is 10.7. The van der Waals surface area contributed by atoms with Gasteiger partial charge in [-0.05, 0) is 35.4 Å². The topological polar surface area (TPSA) is 91.3 Å². The number of aryl methyl sites for hydroxylation is 1. The highest BCUT2D eigenvalue weighted by molar-refractivity contribution is 5.88. The zero-order chi connectivity index (χ0) is 14.1. The number of nitro benzene ring substituents is 1. The maximum absolute atomic E-state index is 10.9. The molecule has 0 unspecified atom stereocenters. The van der Waals surface area contributed by atoms with Crippen molar-refractivity contribution in [2.75, 3.05) is 0 Å². The molecule has 3 aromatic rings. The van der Waals surface area contributed by atoms with Gasteiger partial charge in [-0.2, -0.15) is 0 Å². The predicted octanol–water partition coefficient (Wildman–Crippen LogP) is 3.23.